The molecule has 0 atom stereocenters. The van der Waals surface area contributed by atoms with Crippen molar-refractivity contribution in [1.82, 2.24) is 10.2 Å². The van der Waals surface area contributed by atoms with Crippen molar-refractivity contribution in [2.24, 2.45) is 0 Å². The van der Waals surface area contributed by atoms with E-state index in [1.807, 2.05) is 24.3 Å². The summed E-state index contributed by atoms with van der Waals surface area (Å²) in [6.45, 7) is 1.82. The number of hydrogen-bond donors (Lipinski definition) is 2. The van der Waals surface area contributed by atoms with Crippen molar-refractivity contribution in [3.8, 4) is 5.75 Å². The Morgan fingerprint density at radius 1 is 1.47 bits per heavy atom. The first kappa shape index (κ1) is 11.6. The fraction of sp³-hybridized carbons (Fsp3) is 0.231. The molecule has 3 rings (SSSR count). The molecule has 0 spiro atoms. The molecule has 1 aromatic heterocycles. The van der Waals surface area contributed by atoms with Crippen LogP contribution in [0.5, 0.6) is 5.75 Å². The summed E-state index contributed by atoms with van der Waals surface area (Å²) < 4.78 is 5.57. The van der Waals surface area contributed by atoms with Crippen LogP contribution in [-0.2, 0) is 6.54 Å². The summed E-state index contributed by atoms with van der Waals surface area (Å²) in [6, 6.07) is 7.74. The van der Waals surface area contributed by atoms with Gasteiger partial charge in [0.2, 0.25) is 0 Å². The second-order valence-corrected chi connectivity index (χ2v) is 4.31. The van der Waals surface area contributed by atoms with Gasteiger partial charge in [-0.15, -0.1) is 0 Å². The zero-order valence-corrected chi connectivity index (χ0v) is 10.2. The number of aromatic amines is 1. The summed E-state index contributed by atoms with van der Waals surface area (Å²) in [4.78, 5) is 13.1. The minimum absolute atomic E-state index is 0.143. The summed E-state index contributed by atoms with van der Waals surface area (Å²) in [5.41, 5.74) is 1.79. The van der Waals surface area contributed by atoms with E-state index in [0.717, 1.165) is 18.0 Å². The molecule has 2 heterocycles. The van der Waals surface area contributed by atoms with Crippen LogP contribution in [0.2, 0.25) is 0 Å². The first-order chi connectivity index (χ1) is 9.25. The van der Waals surface area contributed by atoms with E-state index in [4.69, 9.17) is 9.84 Å². The van der Waals surface area contributed by atoms with Crippen molar-refractivity contribution >= 4 is 11.7 Å². The molecular formula is C13H13N3O3. The lowest BCUT2D eigenvalue weighted by atomic mass is 10.2. The van der Waals surface area contributed by atoms with Crippen LogP contribution < -0.4 is 9.64 Å². The zero-order chi connectivity index (χ0) is 13.2. The fourth-order valence-electron chi connectivity index (χ4n) is 2.21. The molecule has 6 heteroatoms. The molecule has 0 unspecified atom stereocenters. The van der Waals surface area contributed by atoms with Gasteiger partial charge in [0.05, 0.1) is 18.4 Å². The third-order valence-corrected chi connectivity index (χ3v) is 3.12. The second-order valence-electron chi connectivity index (χ2n) is 4.31. The molecule has 1 aromatic carbocycles. The topological polar surface area (TPSA) is 78.4 Å². The highest BCUT2D eigenvalue weighted by molar-refractivity contribution is 5.87. The average Bonchev–Trinajstić information content (AvgIpc) is 2.87. The Kier molecular flexibility index (Phi) is 2.83. The molecule has 0 aliphatic carbocycles. The van der Waals surface area contributed by atoms with Crippen LogP contribution in [0.3, 0.4) is 0 Å². The molecule has 2 aromatic rings. The highest BCUT2D eigenvalue weighted by atomic mass is 16.5. The Bertz CT molecular complexity index is 609. The van der Waals surface area contributed by atoms with Crippen molar-refractivity contribution in [2.75, 3.05) is 18.1 Å². The molecule has 0 fully saturated rings. The summed E-state index contributed by atoms with van der Waals surface area (Å²) in [5, 5.41) is 15.4. The van der Waals surface area contributed by atoms with Gasteiger partial charge < -0.3 is 14.7 Å². The molecule has 0 bridgehead atoms. The lowest BCUT2D eigenvalue weighted by Gasteiger charge is -2.30. The zero-order valence-electron chi connectivity index (χ0n) is 10.2. The van der Waals surface area contributed by atoms with Gasteiger partial charge in [-0.25, -0.2) is 4.79 Å². The predicted octanol–water partition coefficient (Wildman–Crippen LogP) is 1.51. The number of ether oxygens (including phenoxy) is 1. The largest absolute Gasteiger partial charge is 0.490 e. The van der Waals surface area contributed by atoms with E-state index in [1.54, 1.807) is 6.20 Å². The van der Waals surface area contributed by atoms with Crippen LogP contribution in [0.25, 0.3) is 0 Å². The number of carboxylic acid groups (broad SMARTS) is 1. The minimum Gasteiger partial charge on any atom is -0.490 e. The highest BCUT2D eigenvalue weighted by Gasteiger charge is 2.20. The Hall–Kier alpha value is -2.50. The van der Waals surface area contributed by atoms with Crippen molar-refractivity contribution in [2.45, 2.75) is 6.54 Å². The monoisotopic (exact) mass is 259 g/mol. The number of hydrogen-bond acceptors (Lipinski definition) is 4. The lowest BCUT2D eigenvalue weighted by Crippen LogP contribution is -2.32. The van der Waals surface area contributed by atoms with Crippen LogP contribution in [0.15, 0.2) is 30.5 Å². The number of benzene rings is 1. The number of H-pyrrole nitrogens is 1. The van der Waals surface area contributed by atoms with Crippen molar-refractivity contribution < 1.29 is 14.6 Å². The molecule has 2 N–H and O–H groups in total. The standard InChI is InChI=1S/C13H13N3O3/c17-13(18)12-9(7-14-15-12)8-16-5-6-19-11-4-2-1-3-10(11)16/h1-4,7H,5-6,8H2,(H,14,15)(H,17,18). The van der Waals surface area contributed by atoms with Crippen LogP contribution in [0.4, 0.5) is 5.69 Å². The minimum atomic E-state index is -0.992. The number of nitrogens with one attached hydrogen (secondary N) is 1. The fourth-order valence-corrected chi connectivity index (χ4v) is 2.21. The maximum Gasteiger partial charge on any atom is 0.354 e. The van der Waals surface area contributed by atoms with Gasteiger partial charge >= 0.3 is 5.97 Å². The number of fused-ring (bicyclic) bond motifs is 1. The van der Waals surface area contributed by atoms with Crippen LogP contribution in [0, 0.1) is 0 Å². The molecule has 0 saturated carbocycles. The van der Waals surface area contributed by atoms with Gasteiger partial charge in [0.1, 0.15) is 18.1 Å². The SMILES string of the molecule is O=C(O)c1[nH]ncc1CN1CCOc2ccccc21. The Morgan fingerprint density at radius 2 is 2.32 bits per heavy atom. The number of aromatic nitrogens is 2. The number of carbonyl (C=O) groups is 1. The van der Waals surface area contributed by atoms with Gasteiger partial charge in [0.15, 0.2) is 0 Å². The molecule has 0 saturated heterocycles. The average molecular weight is 259 g/mol. The van der Waals surface area contributed by atoms with E-state index in [0.29, 0.717) is 18.7 Å². The summed E-state index contributed by atoms with van der Waals surface area (Å²) in [6.07, 6.45) is 1.56. The molecule has 19 heavy (non-hydrogen) atoms. The smallest absolute Gasteiger partial charge is 0.354 e. The maximum absolute atomic E-state index is 11.1. The number of carboxylic acids is 1. The predicted molar refractivity (Wildman–Crippen MR) is 68.5 cm³/mol. The summed E-state index contributed by atoms with van der Waals surface area (Å²) >= 11 is 0. The Morgan fingerprint density at radius 3 is 3.16 bits per heavy atom. The van der Waals surface area contributed by atoms with E-state index in [2.05, 4.69) is 15.1 Å². The quantitative estimate of drug-likeness (QED) is 0.873. The molecule has 0 amide bonds. The lowest BCUT2D eigenvalue weighted by molar-refractivity contribution is 0.0689. The Labute approximate surface area is 109 Å². The van der Waals surface area contributed by atoms with Gasteiger partial charge in [-0.1, -0.05) is 12.1 Å². The number of nitrogens with zero attached hydrogens (tertiary/aromatic N) is 2. The van der Waals surface area contributed by atoms with Gasteiger partial charge in [-0.3, -0.25) is 5.10 Å². The molecular weight excluding hydrogens is 246 g/mol. The normalized spacial score (nSPS) is 13.8. The third-order valence-electron chi connectivity index (χ3n) is 3.12. The van der Waals surface area contributed by atoms with E-state index in [-0.39, 0.29) is 5.69 Å². The Balaban J connectivity index is 1.89. The molecule has 1 aliphatic rings. The summed E-state index contributed by atoms with van der Waals surface area (Å²) in [5.74, 6) is -0.164. The number of para-hydroxylation sites is 2. The molecule has 0 radical (unpaired) electrons. The maximum atomic E-state index is 11.1. The summed E-state index contributed by atoms with van der Waals surface area (Å²) in [7, 11) is 0. The van der Waals surface area contributed by atoms with Crippen LogP contribution >= 0.6 is 0 Å². The second kappa shape index (κ2) is 4.64. The van der Waals surface area contributed by atoms with Crippen molar-refractivity contribution in [1.29, 1.82) is 0 Å². The van der Waals surface area contributed by atoms with Gasteiger partial charge in [-0.2, -0.15) is 5.10 Å². The number of rotatable bonds is 3. The van der Waals surface area contributed by atoms with Gasteiger partial charge in [-0.05, 0) is 12.1 Å². The van der Waals surface area contributed by atoms with E-state index in [1.165, 1.54) is 0 Å². The van der Waals surface area contributed by atoms with Crippen LogP contribution in [-0.4, -0.2) is 34.4 Å². The van der Waals surface area contributed by atoms with Crippen molar-refractivity contribution in [3.63, 3.8) is 0 Å². The highest BCUT2D eigenvalue weighted by Crippen LogP contribution is 2.32. The van der Waals surface area contributed by atoms with E-state index >= 15 is 0 Å². The van der Waals surface area contributed by atoms with E-state index < -0.39 is 5.97 Å². The molecule has 1 aliphatic heterocycles. The molecule has 98 valence electrons. The number of anilines is 1. The van der Waals surface area contributed by atoms with Crippen molar-refractivity contribution in [3.05, 3.63) is 41.7 Å². The van der Waals surface area contributed by atoms with Gasteiger partial charge in [0, 0.05) is 12.1 Å². The molecule has 6 nitrogen and oxygen atoms in total. The van der Waals surface area contributed by atoms with E-state index in [9.17, 15) is 4.79 Å². The number of aromatic carboxylic acids is 1. The van der Waals surface area contributed by atoms with Gasteiger partial charge in [0.25, 0.3) is 0 Å². The van der Waals surface area contributed by atoms with Crippen LogP contribution in [0.1, 0.15) is 16.1 Å². The third kappa shape index (κ3) is 2.12. The first-order valence-corrected chi connectivity index (χ1v) is 5.98. The first-order valence-electron chi connectivity index (χ1n) is 5.98.